The van der Waals surface area contributed by atoms with Gasteiger partial charge >= 0.3 is 0 Å². The molecule has 0 aromatic heterocycles. The number of carbonyl (C=O) groups excluding carboxylic acids is 1. The fourth-order valence-corrected chi connectivity index (χ4v) is 3.65. The van der Waals surface area contributed by atoms with E-state index < -0.39 is 6.10 Å². The van der Waals surface area contributed by atoms with Crippen molar-refractivity contribution in [2.75, 3.05) is 36.5 Å². The molecule has 4 rings (SSSR count). The molecule has 3 aromatic carbocycles. The molecule has 1 fully saturated rings. The summed E-state index contributed by atoms with van der Waals surface area (Å²) in [7, 11) is 0. The molecule has 1 aliphatic heterocycles. The molecule has 0 radical (unpaired) electrons. The molecule has 1 atom stereocenters. The predicted molar refractivity (Wildman–Crippen MR) is 124 cm³/mol. The number of carbonyl (C=O) groups is 1. The quantitative estimate of drug-likeness (QED) is 0.615. The zero-order valence-electron chi connectivity index (χ0n) is 17.8. The summed E-state index contributed by atoms with van der Waals surface area (Å²) in [6, 6.07) is 26.0. The van der Waals surface area contributed by atoms with Gasteiger partial charge in [-0.3, -0.25) is 4.79 Å². The number of ether oxygens (including phenoxy) is 2. The summed E-state index contributed by atoms with van der Waals surface area (Å²) < 4.78 is 11.4. The molecular weight excluding hydrogens is 388 g/mol. The molecule has 1 aliphatic rings. The van der Waals surface area contributed by atoms with E-state index in [4.69, 9.17) is 9.47 Å². The number of anilines is 2. The molecule has 1 N–H and O–H groups in total. The lowest BCUT2D eigenvalue weighted by Gasteiger charge is -2.29. The van der Waals surface area contributed by atoms with Crippen LogP contribution in [-0.2, 0) is 16.0 Å². The van der Waals surface area contributed by atoms with Gasteiger partial charge < -0.3 is 19.7 Å². The lowest BCUT2D eigenvalue weighted by atomic mass is 10.0. The maximum atomic E-state index is 12.7. The third-order valence-corrected chi connectivity index (χ3v) is 5.39. The fourth-order valence-electron chi connectivity index (χ4n) is 3.65. The summed E-state index contributed by atoms with van der Waals surface area (Å²) in [4.78, 5) is 15.0. The molecule has 31 heavy (non-hydrogen) atoms. The van der Waals surface area contributed by atoms with Crippen LogP contribution >= 0.6 is 0 Å². The van der Waals surface area contributed by atoms with Crippen molar-refractivity contribution in [2.45, 2.75) is 19.4 Å². The van der Waals surface area contributed by atoms with Crippen LogP contribution in [-0.4, -0.2) is 38.3 Å². The van der Waals surface area contributed by atoms with Crippen LogP contribution in [0.25, 0.3) is 0 Å². The van der Waals surface area contributed by atoms with Gasteiger partial charge in [0.1, 0.15) is 5.75 Å². The highest BCUT2D eigenvalue weighted by molar-refractivity contribution is 5.94. The lowest BCUT2D eigenvalue weighted by molar-refractivity contribution is -0.122. The summed E-state index contributed by atoms with van der Waals surface area (Å²) in [6.07, 6.45) is 0.143. The van der Waals surface area contributed by atoms with Crippen molar-refractivity contribution in [3.8, 4) is 5.75 Å². The van der Waals surface area contributed by atoms with E-state index in [1.807, 2.05) is 66.7 Å². The summed E-state index contributed by atoms with van der Waals surface area (Å²) >= 11 is 0. The second kappa shape index (κ2) is 10.1. The zero-order chi connectivity index (χ0) is 21.5. The zero-order valence-corrected chi connectivity index (χ0v) is 17.8. The number of benzene rings is 3. The van der Waals surface area contributed by atoms with E-state index in [-0.39, 0.29) is 5.91 Å². The van der Waals surface area contributed by atoms with E-state index in [2.05, 4.69) is 22.3 Å². The number of hydrogen-bond donors (Lipinski definition) is 1. The Balaban J connectivity index is 1.37. The molecule has 5 heteroatoms. The molecule has 0 spiro atoms. The van der Waals surface area contributed by atoms with Crippen molar-refractivity contribution < 1.29 is 14.3 Å². The predicted octanol–water partition coefficient (Wildman–Crippen LogP) is 4.52. The molecule has 0 bridgehead atoms. The maximum Gasteiger partial charge on any atom is 0.265 e. The van der Waals surface area contributed by atoms with Gasteiger partial charge in [0.05, 0.1) is 13.2 Å². The van der Waals surface area contributed by atoms with Crippen molar-refractivity contribution in [1.29, 1.82) is 0 Å². The van der Waals surface area contributed by atoms with Crippen molar-refractivity contribution in [3.63, 3.8) is 0 Å². The number of nitrogens with zero attached hydrogens (tertiary/aromatic N) is 1. The highest BCUT2D eigenvalue weighted by atomic mass is 16.5. The minimum atomic E-state index is -0.615. The molecule has 1 unspecified atom stereocenters. The SMILES string of the molecule is CC(Oc1ccccc1Cc1ccccc1)C(=O)Nc1ccc(N2CCOCC2)cc1. The molecule has 0 aliphatic carbocycles. The summed E-state index contributed by atoms with van der Waals surface area (Å²) in [5.41, 5.74) is 4.16. The van der Waals surface area contributed by atoms with Crippen LogP contribution in [0.4, 0.5) is 11.4 Å². The van der Waals surface area contributed by atoms with Gasteiger partial charge in [-0.2, -0.15) is 0 Å². The van der Waals surface area contributed by atoms with Crippen LogP contribution in [0.2, 0.25) is 0 Å². The Bertz CT molecular complexity index is 983. The molecule has 1 amide bonds. The minimum absolute atomic E-state index is 0.173. The summed E-state index contributed by atoms with van der Waals surface area (Å²) in [5, 5.41) is 2.95. The molecule has 5 nitrogen and oxygen atoms in total. The number of nitrogens with one attached hydrogen (secondary N) is 1. The van der Waals surface area contributed by atoms with Crippen molar-refractivity contribution in [3.05, 3.63) is 90.0 Å². The van der Waals surface area contributed by atoms with Crippen LogP contribution in [0.5, 0.6) is 5.75 Å². The van der Waals surface area contributed by atoms with E-state index in [0.717, 1.165) is 55.4 Å². The van der Waals surface area contributed by atoms with Crippen LogP contribution in [0.1, 0.15) is 18.1 Å². The van der Waals surface area contributed by atoms with Crippen LogP contribution in [0.15, 0.2) is 78.9 Å². The maximum absolute atomic E-state index is 12.7. The first-order chi connectivity index (χ1) is 15.2. The third kappa shape index (κ3) is 5.64. The van der Waals surface area contributed by atoms with Crippen molar-refractivity contribution in [2.24, 2.45) is 0 Å². The molecule has 1 saturated heterocycles. The molecular formula is C26H28N2O3. The van der Waals surface area contributed by atoms with E-state index in [9.17, 15) is 4.79 Å². The number of amides is 1. The number of rotatable bonds is 7. The van der Waals surface area contributed by atoms with Crippen molar-refractivity contribution >= 4 is 17.3 Å². The molecule has 160 valence electrons. The first-order valence-electron chi connectivity index (χ1n) is 10.7. The standard InChI is InChI=1S/C26H28N2O3/c1-20(31-25-10-6-5-9-22(25)19-21-7-3-2-4-8-21)26(29)27-23-11-13-24(14-12-23)28-15-17-30-18-16-28/h2-14,20H,15-19H2,1H3,(H,27,29). The Morgan fingerprint density at radius 3 is 2.39 bits per heavy atom. The van der Waals surface area contributed by atoms with Gasteiger partial charge in [-0.15, -0.1) is 0 Å². The minimum Gasteiger partial charge on any atom is -0.481 e. The fraction of sp³-hybridized carbons (Fsp3) is 0.269. The van der Waals surface area contributed by atoms with Gasteiger partial charge in [0, 0.05) is 30.9 Å². The average molecular weight is 417 g/mol. The number of morpholine rings is 1. The van der Waals surface area contributed by atoms with Crippen LogP contribution in [0, 0.1) is 0 Å². The van der Waals surface area contributed by atoms with E-state index >= 15 is 0 Å². The summed E-state index contributed by atoms with van der Waals surface area (Å²) in [5.74, 6) is 0.560. The normalized spacial score (nSPS) is 14.7. The lowest BCUT2D eigenvalue weighted by Crippen LogP contribution is -2.36. The Kier molecular flexibility index (Phi) is 6.85. The highest BCUT2D eigenvalue weighted by Crippen LogP contribution is 2.23. The Morgan fingerprint density at radius 2 is 1.65 bits per heavy atom. The second-order valence-electron chi connectivity index (χ2n) is 7.67. The van der Waals surface area contributed by atoms with Gasteiger partial charge in [0.15, 0.2) is 6.10 Å². The monoisotopic (exact) mass is 416 g/mol. The van der Waals surface area contributed by atoms with E-state index in [1.54, 1.807) is 6.92 Å². The molecule has 1 heterocycles. The van der Waals surface area contributed by atoms with Crippen LogP contribution < -0.4 is 15.0 Å². The van der Waals surface area contributed by atoms with E-state index in [0.29, 0.717) is 0 Å². The Labute approximate surface area is 183 Å². The van der Waals surface area contributed by atoms with Gasteiger partial charge in [-0.25, -0.2) is 0 Å². The Hall–Kier alpha value is -3.31. The average Bonchev–Trinajstić information content (AvgIpc) is 2.82. The topological polar surface area (TPSA) is 50.8 Å². The summed E-state index contributed by atoms with van der Waals surface area (Å²) in [6.45, 7) is 5.05. The van der Waals surface area contributed by atoms with Gasteiger partial charge in [0.25, 0.3) is 5.91 Å². The molecule has 0 saturated carbocycles. The number of hydrogen-bond acceptors (Lipinski definition) is 4. The Morgan fingerprint density at radius 1 is 0.968 bits per heavy atom. The first kappa shape index (κ1) is 20.9. The van der Waals surface area contributed by atoms with Crippen LogP contribution in [0.3, 0.4) is 0 Å². The van der Waals surface area contributed by atoms with E-state index in [1.165, 1.54) is 5.56 Å². The smallest absolute Gasteiger partial charge is 0.265 e. The third-order valence-electron chi connectivity index (χ3n) is 5.39. The second-order valence-corrected chi connectivity index (χ2v) is 7.67. The largest absolute Gasteiger partial charge is 0.481 e. The van der Waals surface area contributed by atoms with Gasteiger partial charge in [-0.05, 0) is 48.4 Å². The van der Waals surface area contributed by atoms with Crippen molar-refractivity contribution in [1.82, 2.24) is 0 Å². The van der Waals surface area contributed by atoms with Gasteiger partial charge in [0.2, 0.25) is 0 Å². The van der Waals surface area contributed by atoms with Gasteiger partial charge in [-0.1, -0.05) is 48.5 Å². The highest BCUT2D eigenvalue weighted by Gasteiger charge is 2.17. The first-order valence-corrected chi connectivity index (χ1v) is 10.7. The molecule has 3 aromatic rings. The number of para-hydroxylation sites is 1.